The van der Waals surface area contributed by atoms with Crippen LogP contribution in [0.5, 0.6) is 0 Å². The molecule has 0 aliphatic heterocycles. The molecule has 0 N–H and O–H groups in total. The molecule has 126 valence electrons. The van der Waals surface area contributed by atoms with Gasteiger partial charge >= 0.3 is 6.18 Å². The van der Waals surface area contributed by atoms with E-state index in [-0.39, 0.29) is 24.5 Å². The topological polar surface area (TPSA) is 55.3 Å². The molecule has 0 atom stereocenters. The summed E-state index contributed by atoms with van der Waals surface area (Å²) in [5.74, 6) is 0.978. The van der Waals surface area contributed by atoms with Crippen molar-refractivity contribution in [2.45, 2.75) is 19.3 Å². The van der Waals surface area contributed by atoms with Gasteiger partial charge in [0.1, 0.15) is 0 Å². The third kappa shape index (κ3) is 3.65. The van der Waals surface area contributed by atoms with Crippen LogP contribution in [0.2, 0.25) is 0 Å². The summed E-state index contributed by atoms with van der Waals surface area (Å²) < 4.78 is 49.7. The van der Waals surface area contributed by atoms with E-state index in [1.54, 1.807) is 30.1 Å². The summed E-state index contributed by atoms with van der Waals surface area (Å²) in [7, 11) is 1.68. The van der Waals surface area contributed by atoms with Crippen molar-refractivity contribution >= 4 is 0 Å². The van der Waals surface area contributed by atoms with E-state index >= 15 is 0 Å². The minimum absolute atomic E-state index is 0.105. The molecule has 8 heteroatoms. The maximum absolute atomic E-state index is 13.0. The van der Waals surface area contributed by atoms with Crippen LogP contribution >= 0.6 is 0 Å². The molecule has 0 aliphatic rings. The van der Waals surface area contributed by atoms with E-state index in [9.17, 15) is 13.2 Å². The number of furan rings is 1. The van der Waals surface area contributed by atoms with Crippen molar-refractivity contribution in [2.75, 3.05) is 7.05 Å². The van der Waals surface area contributed by atoms with E-state index in [2.05, 4.69) is 10.2 Å². The van der Waals surface area contributed by atoms with Gasteiger partial charge in [-0.05, 0) is 30.8 Å². The maximum atomic E-state index is 13.0. The van der Waals surface area contributed by atoms with Crippen molar-refractivity contribution in [3.8, 4) is 11.7 Å². The molecule has 5 nitrogen and oxygen atoms in total. The second-order valence-electron chi connectivity index (χ2n) is 5.31. The predicted molar refractivity (Wildman–Crippen MR) is 78.6 cm³/mol. The van der Waals surface area contributed by atoms with Gasteiger partial charge in [0.25, 0.3) is 5.89 Å². The van der Waals surface area contributed by atoms with E-state index in [0.717, 1.165) is 6.07 Å². The average molecular weight is 337 g/mol. The van der Waals surface area contributed by atoms with E-state index in [0.29, 0.717) is 11.7 Å². The summed E-state index contributed by atoms with van der Waals surface area (Å²) in [5.41, 5.74) is -0.447. The highest BCUT2D eigenvalue weighted by Gasteiger charge is 2.33. The smallest absolute Gasteiger partial charge is 0.416 e. The van der Waals surface area contributed by atoms with Crippen molar-refractivity contribution in [1.82, 2.24) is 15.1 Å². The van der Waals surface area contributed by atoms with Gasteiger partial charge < -0.3 is 8.83 Å². The van der Waals surface area contributed by atoms with Gasteiger partial charge in [0.05, 0.1) is 18.4 Å². The van der Waals surface area contributed by atoms with Crippen LogP contribution < -0.4 is 0 Å². The van der Waals surface area contributed by atoms with Crippen LogP contribution in [-0.4, -0.2) is 22.1 Å². The van der Waals surface area contributed by atoms with Gasteiger partial charge in [0.2, 0.25) is 5.89 Å². The number of nitrogens with zero attached hydrogens (tertiary/aromatic N) is 3. The molecule has 2 heterocycles. The first-order valence-electron chi connectivity index (χ1n) is 7.13. The Morgan fingerprint density at radius 3 is 2.54 bits per heavy atom. The minimum Gasteiger partial charge on any atom is -0.459 e. The molecule has 0 saturated carbocycles. The lowest BCUT2D eigenvalue weighted by Gasteiger charge is -2.18. The van der Waals surface area contributed by atoms with Crippen molar-refractivity contribution in [1.29, 1.82) is 0 Å². The number of rotatable bonds is 5. The fraction of sp³-hybridized carbons (Fsp3) is 0.250. The Bertz CT molecular complexity index is 797. The Morgan fingerprint density at radius 2 is 1.83 bits per heavy atom. The molecule has 0 bridgehead atoms. The average Bonchev–Trinajstić information content (AvgIpc) is 3.17. The molecule has 0 unspecified atom stereocenters. The second-order valence-corrected chi connectivity index (χ2v) is 5.31. The largest absolute Gasteiger partial charge is 0.459 e. The van der Waals surface area contributed by atoms with E-state index in [1.165, 1.54) is 18.4 Å². The molecular weight excluding hydrogens is 323 g/mol. The number of aromatic nitrogens is 2. The lowest BCUT2D eigenvalue weighted by molar-refractivity contribution is -0.138. The van der Waals surface area contributed by atoms with Crippen molar-refractivity contribution in [3.05, 3.63) is 59.7 Å². The second kappa shape index (κ2) is 6.48. The number of halogens is 3. The highest BCUT2D eigenvalue weighted by molar-refractivity contribution is 5.42. The van der Waals surface area contributed by atoms with Crippen LogP contribution in [0, 0.1) is 0 Å². The molecule has 0 fully saturated rings. The SMILES string of the molecule is CN(Cc1nnc(-c2ccco2)o1)Cc1ccccc1C(F)(F)F. The van der Waals surface area contributed by atoms with Crippen LogP contribution in [0.4, 0.5) is 13.2 Å². The lowest BCUT2D eigenvalue weighted by Crippen LogP contribution is -2.20. The quantitative estimate of drug-likeness (QED) is 0.705. The summed E-state index contributed by atoms with van der Waals surface area (Å²) in [6.45, 7) is 0.327. The Labute approximate surface area is 135 Å². The zero-order valence-corrected chi connectivity index (χ0v) is 12.7. The minimum atomic E-state index is -4.38. The summed E-state index contributed by atoms with van der Waals surface area (Å²) in [6.07, 6.45) is -2.90. The Kier molecular flexibility index (Phi) is 4.39. The molecule has 0 saturated heterocycles. The van der Waals surface area contributed by atoms with E-state index in [4.69, 9.17) is 8.83 Å². The molecule has 3 rings (SSSR count). The van der Waals surface area contributed by atoms with Gasteiger partial charge in [0, 0.05) is 6.54 Å². The fourth-order valence-corrected chi connectivity index (χ4v) is 2.33. The Morgan fingerprint density at radius 1 is 1.04 bits per heavy atom. The fourth-order valence-electron chi connectivity index (χ4n) is 2.33. The molecule has 0 radical (unpaired) electrons. The first kappa shape index (κ1) is 16.3. The summed E-state index contributed by atoms with van der Waals surface area (Å²) >= 11 is 0. The third-order valence-corrected chi connectivity index (χ3v) is 3.37. The van der Waals surface area contributed by atoms with E-state index < -0.39 is 11.7 Å². The Hall–Kier alpha value is -2.61. The summed E-state index contributed by atoms with van der Waals surface area (Å²) in [6, 6.07) is 8.87. The standard InChI is InChI=1S/C16H14F3N3O2/c1-22(9-11-5-2-3-6-12(11)16(17,18)19)10-14-20-21-15(24-14)13-7-4-8-23-13/h2-8H,9-10H2,1H3. The van der Waals surface area contributed by atoms with Crippen LogP contribution in [-0.2, 0) is 19.3 Å². The first-order valence-corrected chi connectivity index (χ1v) is 7.13. The van der Waals surface area contributed by atoms with Gasteiger partial charge in [-0.2, -0.15) is 13.2 Å². The third-order valence-electron chi connectivity index (χ3n) is 3.37. The van der Waals surface area contributed by atoms with Crippen molar-refractivity contribution < 1.29 is 22.0 Å². The van der Waals surface area contributed by atoms with Crippen molar-refractivity contribution in [2.24, 2.45) is 0 Å². The normalized spacial score (nSPS) is 12.0. The van der Waals surface area contributed by atoms with Gasteiger partial charge in [-0.1, -0.05) is 18.2 Å². The van der Waals surface area contributed by atoms with E-state index in [1.807, 2.05) is 0 Å². The number of benzene rings is 1. The highest BCUT2D eigenvalue weighted by atomic mass is 19.4. The monoisotopic (exact) mass is 337 g/mol. The summed E-state index contributed by atoms with van der Waals surface area (Å²) in [4.78, 5) is 1.67. The molecule has 1 aromatic carbocycles. The van der Waals surface area contributed by atoms with Crippen LogP contribution in [0.3, 0.4) is 0 Å². The molecule has 24 heavy (non-hydrogen) atoms. The zero-order chi connectivity index (χ0) is 17.2. The van der Waals surface area contributed by atoms with Crippen LogP contribution in [0.1, 0.15) is 17.0 Å². The number of hydrogen-bond donors (Lipinski definition) is 0. The molecule has 0 spiro atoms. The predicted octanol–water partition coefficient (Wildman–Crippen LogP) is 3.98. The maximum Gasteiger partial charge on any atom is 0.416 e. The van der Waals surface area contributed by atoms with Crippen LogP contribution in [0.25, 0.3) is 11.7 Å². The molecule has 0 aliphatic carbocycles. The number of alkyl halides is 3. The molecular formula is C16H14F3N3O2. The Balaban J connectivity index is 1.70. The van der Waals surface area contributed by atoms with Gasteiger partial charge in [-0.25, -0.2) is 0 Å². The molecule has 3 aromatic rings. The van der Waals surface area contributed by atoms with Gasteiger partial charge in [-0.15, -0.1) is 10.2 Å². The zero-order valence-electron chi connectivity index (χ0n) is 12.7. The number of hydrogen-bond acceptors (Lipinski definition) is 5. The lowest BCUT2D eigenvalue weighted by atomic mass is 10.1. The molecule has 0 amide bonds. The highest BCUT2D eigenvalue weighted by Crippen LogP contribution is 2.32. The van der Waals surface area contributed by atoms with Gasteiger partial charge in [0.15, 0.2) is 5.76 Å². The van der Waals surface area contributed by atoms with Gasteiger partial charge in [-0.3, -0.25) is 4.90 Å². The van der Waals surface area contributed by atoms with Crippen LogP contribution in [0.15, 0.2) is 51.5 Å². The summed E-state index contributed by atoms with van der Waals surface area (Å²) in [5, 5.41) is 7.74. The molecule has 2 aromatic heterocycles. The first-order chi connectivity index (χ1) is 11.4. The van der Waals surface area contributed by atoms with Crippen molar-refractivity contribution in [3.63, 3.8) is 0 Å².